The van der Waals surface area contributed by atoms with E-state index in [0.717, 1.165) is 52.2 Å². The van der Waals surface area contributed by atoms with Crippen LogP contribution in [0.25, 0.3) is 0 Å². The van der Waals surface area contributed by atoms with E-state index in [-0.39, 0.29) is 5.91 Å². The molecular weight excluding hydrogens is 230 g/mol. The fourth-order valence-corrected chi connectivity index (χ4v) is 2.74. The van der Waals surface area contributed by atoms with Crippen molar-refractivity contribution in [2.24, 2.45) is 0 Å². The molecule has 5 nitrogen and oxygen atoms in total. The average molecular weight is 255 g/mol. The summed E-state index contributed by atoms with van der Waals surface area (Å²) in [6.45, 7) is 7.82. The summed E-state index contributed by atoms with van der Waals surface area (Å²) in [7, 11) is 0. The molecule has 2 aliphatic heterocycles. The van der Waals surface area contributed by atoms with Gasteiger partial charge in [-0.05, 0) is 19.8 Å². The number of hydrogen-bond donors (Lipinski definition) is 2. The first-order chi connectivity index (χ1) is 8.74. The third-order valence-electron chi connectivity index (χ3n) is 3.64. The highest BCUT2D eigenvalue weighted by molar-refractivity contribution is 5.76. The first kappa shape index (κ1) is 13.8. The predicted molar refractivity (Wildman–Crippen MR) is 70.5 cm³/mol. The van der Waals surface area contributed by atoms with E-state index in [2.05, 4.69) is 22.5 Å². The van der Waals surface area contributed by atoms with Gasteiger partial charge in [-0.1, -0.05) is 0 Å². The molecule has 2 aliphatic rings. The van der Waals surface area contributed by atoms with E-state index >= 15 is 0 Å². The van der Waals surface area contributed by atoms with Crippen molar-refractivity contribution in [2.45, 2.75) is 38.3 Å². The zero-order chi connectivity index (χ0) is 12.8. The summed E-state index contributed by atoms with van der Waals surface area (Å²) in [6, 6.07) is 0.766. The highest BCUT2D eigenvalue weighted by Crippen LogP contribution is 2.08. The van der Waals surface area contributed by atoms with Crippen LogP contribution in [0.2, 0.25) is 0 Å². The lowest BCUT2D eigenvalue weighted by molar-refractivity contribution is -0.121. The van der Waals surface area contributed by atoms with Crippen molar-refractivity contribution in [3.05, 3.63) is 0 Å². The number of rotatable bonds is 4. The molecule has 1 amide bonds. The van der Waals surface area contributed by atoms with E-state index in [1.807, 2.05) is 0 Å². The highest BCUT2D eigenvalue weighted by atomic mass is 16.5. The smallest absolute Gasteiger partial charge is 0.221 e. The van der Waals surface area contributed by atoms with Crippen molar-refractivity contribution in [3.8, 4) is 0 Å². The van der Waals surface area contributed by atoms with Crippen LogP contribution in [0.15, 0.2) is 0 Å². The minimum Gasteiger partial charge on any atom is -0.379 e. The maximum atomic E-state index is 11.5. The Morgan fingerprint density at radius 3 is 3.06 bits per heavy atom. The SMILES string of the molecule is CC(CN1CCOCC1)NC1CCCNC(=O)C1. The second kappa shape index (κ2) is 7.07. The van der Waals surface area contributed by atoms with Gasteiger partial charge in [0, 0.05) is 44.7 Å². The van der Waals surface area contributed by atoms with E-state index in [9.17, 15) is 4.79 Å². The summed E-state index contributed by atoms with van der Waals surface area (Å²) < 4.78 is 5.35. The number of morpholine rings is 1. The van der Waals surface area contributed by atoms with Gasteiger partial charge in [-0.15, -0.1) is 0 Å². The summed E-state index contributed by atoms with van der Waals surface area (Å²) in [4.78, 5) is 13.9. The third kappa shape index (κ3) is 4.55. The second-order valence-corrected chi connectivity index (χ2v) is 5.37. The minimum atomic E-state index is 0.184. The van der Waals surface area contributed by atoms with E-state index in [4.69, 9.17) is 4.74 Å². The average Bonchev–Trinajstić information content (AvgIpc) is 2.54. The zero-order valence-electron chi connectivity index (χ0n) is 11.3. The molecule has 2 saturated heterocycles. The fraction of sp³-hybridized carbons (Fsp3) is 0.923. The summed E-state index contributed by atoms with van der Waals surface area (Å²) >= 11 is 0. The number of carbonyl (C=O) groups excluding carboxylic acids is 1. The van der Waals surface area contributed by atoms with Crippen molar-refractivity contribution in [3.63, 3.8) is 0 Å². The van der Waals surface area contributed by atoms with Crippen LogP contribution in [-0.4, -0.2) is 62.3 Å². The van der Waals surface area contributed by atoms with Gasteiger partial charge in [0.1, 0.15) is 0 Å². The lowest BCUT2D eigenvalue weighted by atomic mass is 10.1. The molecule has 2 fully saturated rings. The van der Waals surface area contributed by atoms with E-state index in [1.54, 1.807) is 0 Å². The number of ether oxygens (including phenoxy) is 1. The van der Waals surface area contributed by atoms with Gasteiger partial charge in [-0.25, -0.2) is 0 Å². The lowest BCUT2D eigenvalue weighted by Crippen LogP contribution is -2.47. The Morgan fingerprint density at radius 2 is 2.28 bits per heavy atom. The number of nitrogens with one attached hydrogen (secondary N) is 2. The Labute approximate surface area is 109 Å². The summed E-state index contributed by atoms with van der Waals surface area (Å²) in [5.74, 6) is 0.184. The summed E-state index contributed by atoms with van der Waals surface area (Å²) in [5.41, 5.74) is 0. The molecule has 2 unspecified atom stereocenters. The van der Waals surface area contributed by atoms with Gasteiger partial charge in [-0.2, -0.15) is 0 Å². The normalized spacial score (nSPS) is 28.5. The van der Waals surface area contributed by atoms with Crippen LogP contribution in [0.1, 0.15) is 26.2 Å². The zero-order valence-corrected chi connectivity index (χ0v) is 11.3. The topological polar surface area (TPSA) is 53.6 Å². The van der Waals surface area contributed by atoms with Crippen molar-refractivity contribution >= 4 is 5.91 Å². The predicted octanol–water partition coefficient (Wildman–Crippen LogP) is -0.0346. The monoisotopic (exact) mass is 255 g/mol. The van der Waals surface area contributed by atoms with Crippen molar-refractivity contribution in [2.75, 3.05) is 39.4 Å². The molecule has 0 spiro atoms. The van der Waals surface area contributed by atoms with Gasteiger partial charge in [-0.3, -0.25) is 9.69 Å². The lowest BCUT2D eigenvalue weighted by Gasteiger charge is -2.31. The first-order valence-corrected chi connectivity index (χ1v) is 7.07. The number of nitrogens with zero attached hydrogens (tertiary/aromatic N) is 1. The van der Waals surface area contributed by atoms with Gasteiger partial charge >= 0.3 is 0 Å². The summed E-state index contributed by atoms with van der Waals surface area (Å²) in [5, 5.41) is 6.52. The first-order valence-electron chi connectivity index (χ1n) is 7.07. The Kier molecular flexibility index (Phi) is 5.41. The third-order valence-corrected chi connectivity index (χ3v) is 3.64. The van der Waals surface area contributed by atoms with Crippen LogP contribution in [0.5, 0.6) is 0 Å². The Morgan fingerprint density at radius 1 is 1.50 bits per heavy atom. The quantitative estimate of drug-likeness (QED) is 0.740. The standard InChI is InChI=1S/C13H25N3O2/c1-11(10-16-5-7-18-8-6-16)15-12-3-2-4-14-13(17)9-12/h11-12,15H,2-10H2,1H3,(H,14,17). The molecule has 0 radical (unpaired) electrons. The molecular formula is C13H25N3O2. The van der Waals surface area contributed by atoms with Crippen LogP contribution in [-0.2, 0) is 9.53 Å². The van der Waals surface area contributed by atoms with Crippen LogP contribution in [0, 0.1) is 0 Å². The van der Waals surface area contributed by atoms with Gasteiger partial charge in [0.15, 0.2) is 0 Å². The molecule has 0 aliphatic carbocycles. The van der Waals surface area contributed by atoms with Gasteiger partial charge in [0.05, 0.1) is 13.2 Å². The van der Waals surface area contributed by atoms with Crippen LogP contribution in [0.4, 0.5) is 0 Å². The van der Waals surface area contributed by atoms with E-state index in [1.165, 1.54) is 0 Å². The molecule has 0 aromatic heterocycles. The van der Waals surface area contributed by atoms with Gasteiger partial charge in [0.25, 0.3) is 0 Å². The molecule has 0 bridgehead atoms. The van der Waals surface area contributed by atoms with Crippen LogP contribution in [0.3, 0.4) is 0 Å². The molecule has 5 heteroatoms. The molecule has 0 aromatic rings. The molecule has 0 saturated carbocycles. The molecule has 18 heavy (non-hydrogen) atoms. The van der Waals surface area contributed by atoms with Crippen molar-refractivity contribution in [1.29, 1.82) is 0 Å². The largest absolute Gasteiger partial charge is 0.379 e. The molecule has 2 atom stereocenters. The maximum Gasteiger partial charge on any atom is 0.221 e. The molecule has 2 heterocycles. The molecule has 0 aromatic carbocycles. The maximum absolute atomic E-state index is 11.5. The number of hydrogen-bond acceptors (Lipinski definition) is 4. The Bertz CT molecular complexity index is 267. The van der Waals surface area contributed by atoms with Crippen LogP contribution < -0.4 is 10.6 Å². The minimum absolute atomic E-state index is 0.184. The molecule has 2 N–H and O–H groups in total. The van der Waals surface area contributed by atoms with Gasteiger partial charge < -0.3 is 15.4 Å². The highest BCUT2D eigenvalue weighted by Gasteiger charge is 2.20. The van der Waals surface area contributed by atoms with Crippen molar-refractivity contribution in [1.82, 2.24) is 15.5 Å². The van der Waals surface area contributed by atoms with E-state index < -0.39 is 0 Å². The Balaban J connectivity index is 1.71. The van der Waals surface area contributed by atoms with E-state index in [0.29, 0.717) is 18.5 Å². The second-order valence-electron chi connectivity index (χ2n) is 5.37. The van der Waals surface area contributed by atoms with Crippen molar-refractivity contribution < 1.29 is 9.53 Å². The molecule has 104 valence electrons. The Hall–Kier alpha value is -0.650. The van der Waals surface area contributed by atoms with Gasteiger partial charge in [0.2, 0.25) is 5.91 Å². The fourth-order valence-electron chi connectivity index (χ4n) is 2.74. The summed E-state index contributed by atoms with van der Waals surface area (Å²) in [6.07, 6.45) is 2.79. The van der Waals surface area contributed by atoms with Crippen LogP contribution >= 0.6 is 0 Å². The number of carbonyl (C=O) groups is 1. The molecule has 2 rings (SSSR count). The number of amides is 1.